The van der Waals surface area contributed by atoms with Crippen LogP contribution in [-0.2, 0) is 4.79 Å². The van der Waals surface area contributed by atoms with Crippen LogP contribution in [0.3, 0.4) is 0 Å². The smallest absolute Gasteiger partial charge is 1.00 e. The quantitative estimate of drug-likeness (QED) is 0.315. The van der Waals surface area contributed by atoms with E-state index in [4.69, 9.17) is 9.90 Å². The molecule has 0 aliphatic carbocycles. The van der Waals surface area contributed by atoms with Crippen LogP contribution in [0.15, 0.2) is 0 Å². The molecule has 1 N–H and O–H groups in total. The summed E-state index contributed by atoms with van der Waals surface area (Å²) < 4.78 is 0. The Balaban J connectivity index is -0.00000000450. The molecule has 0 aliphatic heterocycles. The molecule has 4 heteroatoms. The minimum Gasteiger partial charge on any atom is -1.00 e. The van der Waals surface area contributed by atoms with Gasteiger partial charge in [0.15, 0.2) is 0 Å². The van der Waals surface area contributed by atoms with Crippen LogP contribution < -0.4 is 59.1 Å². The largest absolute Gasteiger partial charge is 1.00 e. The van der Waals surface area contributed by atoms with E-state index < -0.39 is 5.97 Å². The predicted molar refractivity (Wildman–Crippen MR) is 16.6 cm³/mol. The summed E-state index contributed by atoms with van der Waals surface area (Å²) in [5.74, 6) is -0.833. The molecule has 0 amide bonds. The fourth-order valence-corrected chi connectivity index (χ4v) is 0. The minimum atomic E-state index is -0.833. The van der Waals surface area contributed by atoms with Crippen LogP contribution >= 0.6 is 0 Å². The van der Waals surface area contributed by atoms with Crippen LogP contribution in [0.4, 0.5) is 0 Å². The zero-order chi connectivity index (χ0) is 3.58. The number of hydrogen-bond acceptors (Lipinski definition) is 1. The Morgan fingerprint density at radius 2 is 1.83 bits per heavy atom. The van der Waals surface area contributed by atoms with Crippen molar-refractivity contribution in [1.29, 1.82) is 0 Å². The van der Waals surface area contributed by atoms with Crippen molar-refractivity contribution in [1.82, 2.24) is 0 Å². The van der Waals surface area contributed by atoms with Crippen molar-refractivity contribution >= 4 is 5.97 Å². The van der Waals surface area contributed by atoms with Crippen LogP contribution in [0.2, 0.25) is 0 Å². The summed E-state index contributed by atoms with van der Waals surface area (Å²) >= 11 is 0. The monoisotopic (exact) mass is 109 g/mol. The van der Waals surface area contributed by atoms with Gasteiger partial charge < -0.3 is 7.96 Å². The summed E-state index contributed by atoms with van der Waals surface area (Å²) in [6, 6.07) is 0. The van der Waals surface area contributed by atoms with Crippen molar-refractivity contribution in [3.63, 3.8) is 0 Å². The number of carboxylic acid groups (broad SMARTS) is 1. The van der Waals surface area contributed by atoms with Gasteiger partial charge in [-0.3, -0.25) is 4.79 Å². The SMILES string of the molecule is CC(=O)O.[H+].[H-].[H-].[Na+].[Na+]. The van der Waals surface area contributed by atoms with Gasteiger partial charge in [0.2, 0.25) is 0 Å². The Kier molecular flexibility index (Phi) is 25.3. The van der Waals surface area contributed by atoms with Crippen molar-refractivity contribution in [2.24, 2.45) is 0 Å². The number of hydrogen-bond donors (Lipinski definition) is 1. The van der Waals surface area contributed by atoms with Gasteiger partial charge in [-0.2, -0.15) is 0 Å². The maximum Gasteiger partial charge on any atom is 1.00 e. The standard InChI is InChI=1S/C2H4O2.2Na.2H/c1-2(3)4;;;;/h1H3,(H,3,4);;;;/q;2*+1;2*-1/p+1. The van der Waals surface area contributed by atoms with Crippen LogP contribution in [-0.4, -0.2) is 11.1 Å². The summed E-state index contributed by atoms with van der Waals surface area (Å²) in [6.07, 6.45) is 0. The van der Waals surface area contributed by atoms with Gasteiger partial charge in [-0.1, -0.05) is 0 Å². The molecular formula is C2H7Na2O2+. The van der Waals surface area contributed by atoms with E-state index in [0.29, 0.717) is 0 Å². The van der Waals surface area contributed by atoms with Crippen LogP contribution in [0.25, 0.3) is 0 Å². The number of aliphatic carboxylic acids is 1. The van der Waals surface area contributed by atoms with E-state index in [-0.39, 0.29) is 63.4 Å². The second kappa shape index (κ2) is 9.69. The first-order valence-electron chi connectivity index (χ1n) is 0.928. The van der Waals surface area contributed by atoms with Gasteiger partial charge in [-0.15, -0.1) is 0 Å². The van der Waals surface area contributed by atoms with E-state index in [2.05, 4.69) is 0 Å². The Hall–Kier alpha value is 1.47. The third-order valence-electron chi connectivity index (χ3n) is 0. The first-order chi connectivity index (χ1) is 1.73. The molecule has 0 aromatic heterocycles. The molecule has 0 atom stereocenters. The van der Waals surface area contributed by atoms with Crippen molar-refractivity contribution in [2.45, 2.75) is 6.92 Å². The summed E-state index contributed by atoms with van der Waals surface area (Å²) in [5.41, 5.74) is 0. The van der Waals surface area contributed by atoms with E-state index in [1.165, 1.54) is 0 Å². The molecule has 0 unspecified atom stereocenters. The number of carbonyl (C=O) groups is 1. The van der Waals surface area contributed by atoms with Crippen molar-refractivity contribution in [3.8, 4) is 0 Å². The van der Waals surface area contributed by atoms with Gasteiger partial charge in [0.05, 0.1) is 0 Å². The van der Waals surface area contributed by atoms with Crippen LogP contribution in [0.1, 0.15) is 11.2 Å². The Morgan fingerprint density at radius 1 is 1.83 bits per heavy atom. The Bertz CT molecular complexity index is 40.8. The van der Waals surface area contributed by atoms with Gasteiger partial charge >= 0.3 is 60.5 Å². The predicted octanol–water partition coefficient (Wildman–Crippen LogP) is -5.56. The molecule has 0 rings (SSSR count). The van der Waals surface area contributed by atoms with Crippen molar-refractivity contribution in [3.05, 3.63) is 0 Å². The molecule has 0 saturated carbocycles. The molecular weight excluding hydrogens is 102 g/mol. The van der Waals surface area contributed by atoms with E-state index in [0.717, 1.165) is 6.92 Å². The minimum absolute atomic E-state index is 0. The molecule has 0 radical (unpaired) electrons. The fourth-order valence-electron chi connectivity index (χ4n) is 0. The number of rotatable bonds is 0. The molecule has 0 aliphatic rings. The first kappa shape index (κ1) is 15.6. The zero-order valence-corrected chi connectivity index (χ0v) is 8.36. The average molecular weight is 109 g/mol. The molecule has 0 bridgehead atoms. The molecule has 0 saturated heterocycles. The average Bonchev–Trinajstić information content (AvgIpc) is 0.811. The topological polar surface area (TPSA) is 37.3 Å². The summed E-state index contributed by atoms with van der Waals surface area (Å²) in [4.78, 5) is 9.00. The van der Waals surface area contributed by atoms with E-state index in [1.807, 2.05) is 0 Å². The summed E-state index contributed by atoms with van der Waals surface area (Å²) in [6.45, 7) is 1.08. The normalized spacial score (nSPS) is 4.17. The van der Waals surface area contributed by atoms with Gasteiger partial charge in [-0.05, 0) is 0 Å². The second-order valence-corrected chi connectivity index (χ2v) is 0.519. The molecule has 0 fully saturated rings. The van der Waals surface area contributed by atoms with Gasteiger partial charge in [0, 0.05) is 6.92 Å². The van der Waals surface area contributed by atoms with E-state index in [9.17, 15) is 0 Å². The van der Waals surface area contributed by atoms with Crippen molar-refractivity contribution in [2.75, 3.05) is 0 Å². The van der Waals surface area contributed by atoms with Crippen molar-refractivity contribution < 1.29 is 73.3 Å². The zero-order valence-electron chi connectivity index (χ0n) is 7.36. The summed E-state index contributed by atoms with van der Waals surface area (Å²) in [5, 5.41) is 7.42. The van der Waals surface area contributed by atoms with E-state index >= 15 is 0 Å². The number of carboxylic acids is 1. The van der Waals surface area contributed by atoms with Gasteiger partial charge in [0.25, 0.3) is 5.97 Å². The third kappa shape index (κ3) is 50.6. The molecule has 0 aromatic rings. The molecule has 28 valence electrons. The molecule has 0 heterocycles. The van der Waals surface area contributed by atoms with E-state index in [1.54, 1.807) is 0 Å². The first-order valence-corrected chi connectivity index (χ1v) is 0.928. The second-order valence-electron chi connectivity index (χ2n) is 0.519. The molecule has 2 nitrogen and oxygen atoms in total. The maximum absolute atomic E-state index is 9.00. The fraction of sp³-hybridized carbons (Fsp3) is 0.500. The molecule has 6 heavy (non-hydrogen) atoms. The van der Waals surface area contributed by atoms with Crippen LogP contribution in [0.5, 0.6) is 0 Å². The maximum atomic E-state index is 9.00. The van der Waals surface area contributed by atoms with Gasteiger partial charge in [-0.25, -0.2) is 0 Å². The van der Waals surface area contributed by atoms with Gasteiger partial charge in [0.1, 0.15) is 0 Å². The van der Waals surface area contributed by atoms with Crippen LogP contribution in [0, 0.1) is 0 Å². The Morgan fingerprint density at radius 3 is 1.83 bits per heavy atom. The Labute approximate surface area is 85.3 Å². The molecule has 0 aromatic carbocycles. The molecule has 0 spiro atoms. The summed E-state index contributed by atoms with van der Waals surface area (Å²) in [7, 11) is 0. The third-order valence-corrected chi connectivity index (χ3v) is 0.